The summed E-state index contributed by atoms with van der Waals surface area (Å²) in [6, 6.07) is -11.5. The molecule has 109 heavy (non-hydrogen) atoms. The molecule has 11 atom stereocenters. The molecule has 2 saturated heterocycles. The SMILES string of the molecule is C=CC[C@@H]1NC(=O)[C@H](CC2CC2)N(C)C(=O)C[C@@H](C(=O)N(C)CC=C)N(C)C(=O)[C@H](C2CCCC2)N(C)C(=O)C2(CCC2)NC(=O)[C@@H]2C[C@@H](OCC)CN2C(=O)[C@H](CCC2CC(F)C(C(F)(F)F)C(F)C2)NC(=O)CN(C)C(=O)[C@H](CC2CCC(C(F)(F)F)CC2)N2CC/C=C\C[C@@H](C2=O)N(C)C(=O)CN(C)C1=O. The standard InChI is InChI=1S/C76H112F8N12O13/c1-11-20-53-67(102)90(6)44-62(99)91(7)55-23-15-14-18-35-95(71(55)106)59(39-46-26-29-49(30-27-46)75(79,80)81)70(105)89(5)43-60(97)85-54(31-28-47-36-51(77)63(52(78)37-47)76(82,83)84)68(103)96-42-50(109-13-3)40-57(96)66(101)87-74(32-19-33-74)73(108)94(10)64(48-21-16-17-22-48)72(107)93(9)58(69(104)88(4)34-12-2)41-61(98)92(8)56(65(100)86-53)38-45-24-25-45/h11-12,14-15,45-59,63-64H,1-2,13,16-44H2,3-10H3,(H,85,97)(H,86,100)(H,87,101)/b15-14-/t46?,47?,49?,50-,51?,52?,53+,54+,55+,56+,57+,58+,59+,63?,64+/m1/s1. The fourth-order valence-electron chi connectivity index (χ4n) is 17.2. The summed E-state index contributed by atoms with van der Waals surface area (Å²) < 4.78 is 121. The predicted molar refractivity (Wildman–Crippen MR) is 383 cm³/mol. The summed E-state index contributed by atoms with van der Waals surface area (Å²) in [6.07, 6.45) is -9.57. The van der Waals surface area contributed by atoms with Gasteiger partial charge in [0.15, 0.2) is 0 Å². The predicted octanol–water partition coefficient (Wildman–Crippen LogP) is 6.19. The zero-order valence-electron chi connectivity index (χ0n) is 64.1. The molecule has 8 aliphatic rings. The molecule has 0 radical (unpaired) electrons. The number of rotatable bonds is 15. The maximum Gasteiger partial charge on any atom is 0.397 e. The van der Waals surface area contributed by atoms with Crippen molar-refractivity contribution in [2.75, 3.05) is 88.7 Å². The molecule has 2 unspecified atom stereocenters. The molecule has 3 heterocycles. The van der Waals surface area contributed by atoms with Gasteiger partial charge < -0.3 is 64.8 Å². The summed E-state index contributed by atoms with van der Waals surface area (Å²) in [4.78, 5) is 191. The van der Waals surface area contributed by atoms with Gasteiger partial charge in [0.25, 0.3) is 0 Å². The summed E-state index contributed by atoms with van der Waals surface area (Å²) in [5.74, 6) is -16.4. The number of alkyl halides is 8. The molecule has 33 heteroatoms. The van der Waals surface area contributed by atoms with Gasteiger partial charge in [-0.05, 0) is 146 Å². The smallest absolute Gasteiger partial charge is 0.377 e. The van der Waals surface area contributed by atoms with Crippen LogP contribution in [-0.2, 0) is 62.3 Å². The number of likely N-dealkylation sites (N-methyl/N-ethyl adjacent to an activating group) is 7. The Labute approximate surface area is 633 Å². The van der Waals surface area contributed by atoms with E-state index in [-0.39, 0.29) is 116 Å². The van der Waals surface area contributed by atoms with Crippen molar-refractivity contribution in [3.63, 3.8) is 0 Å². The first kappa shape index (κ1) is 86.8. The summed E-state index contributed by atoms with van der Waals surface area (Å²) in [7, 11) is 9.38. The quantitative estimate of drug-likeness (QED) is 0.122. The van der Waals surface area contributed by atoms with E-state index < -0.39 is 224 Å². The number of nitrogens with zero attached hydrogens (tertiary/aromatic N) is 9. The summed E-state index contributed by atoms with van der Waals surface area (Å²) in [5, 5.41) is 8.32. The van der Waals surface area contributed by atoms with E-state index in [2.05, 4.69) is 29.1 Å². The van der Waals surface area contributed by atoms with Gasteiger partial charge in [0.05, 0.1) is 31.5 Å². The lowest BCUT2D eigenvalue weighted by Crippen LogP contribution is -2.68. The highest BCUT2D eigenvalue weighted by Crippen LogP contribution is 2.46. The van der Waals surface area contributed by atoms with Gasteiger partial charge in [0, 0.05) is 82.0 Å². The number of hydrogen-bond donors (Lipinski definition) is 3. The van der Waals surface area contributed by atoms with Crippen LogP contribution in [0.4, 0.5) is 35.1 Å². The average Bonchev–Trinajstić information content (AvgIpc) is 1.75. The van der Waals surface area contributed by atoms with Gasteiger partial charge in [0.2, 0.25) is 70.9 Å². The number of hydrogen-bond acceptors (Lipinski definition) is 13. The zero-order valence-corrected chi connectivity index (χ0v) is 64.1. The van der Waals surface area contributed by atoms with Crippen LogP contribution in [0.25, 0.3) is 0 Å². The molecule has 2 bridgehead atoms. The van der Waals surface area contributed by atoms with Crippen LogP contribution in [0, 0.1) is 35.5 Å². The normalized spacial score (nSPS) is 32.0. The van der Waals surface area contributed by atoms with E-state index in [1.807, 2.05) is 0 Å². The van der Waals surface area contributed by atoms with Gasteiger partial charge in [-0.3, -0.25) is 57.5 Å². The van der Waals surface area contributed by atoms with Gasteiger partial charge in [-0.15, -0.1) is 13.2 Å². The van der Waals surface area contributed by atoms with Crippen molar-refractivity contribution in [3.05, 3.63) is 37.5 Å². The van der Waals surface area contributed by atoms with Crippen molar-refractivity contribution < 1.29 is 97.4 Å². The van der Waals surface area contributed by atoms with Gasteiger partial charge in [-0.2, -0.15) is 26.3 Å². The molecule has 3 N–H and O–H groups in total. The Balaban J connectivity index is 1.20. The maximum absolute atomic E-state index is 15.6. The van der Waals surface area contributed by atoms with E-state index in [9.17, 15) is 55.1 Å². The first-order valence-electron chi connectivity index (χ1n) is 38.6. The molecule has 5 aliphatic carbocycles. The maximum atomic E-state index is 15.6. The van der Waals surface area contributed by atoms with Crippen molar-refractivity contribution in [2.45, 2.75) is 246 Å². The molecule has 5 saturated carbocycles. The number of fused-ring (bicyclic) bond motifs is 3. The Kier molecular flexibility index (Phi) is 29.9. The molecule has 3 aliphatic heterocycles. The molecule has 0 aromatic rings. The molecule has 0 aromatic heterocycles. The van der Waals surface area contributed by atoms with Crippen LogP contribution >= 0.6 is 0 Å². The molecular weight excluding hydrogens is 1440 g/mol. The summed E-state index contributed by atoms with van der Waals surface area (Å²) >= 11 is 0. The lowest BCUT2D eigenvalue weighted by Gasteiger charge is -2.46. The second kappa shape index (κ2) is 37.5. The number of carbonyl (C=O) groups excluding carboxylic acids is 12. The largest absolute Gasteiger partial charge is 0.397 e. The Morgan fingerprint density at radius 1 is 0.624 bits per heavy atom. The molecule has 1 spiro atoms. The van der Waals surface area contributed by atoms with Crippen LogP contribution in [0.5, 0.6) is 0 Å². The first-order valence-corrected chi connectivity index (χ1v) is 38.6. The van der Waals surface area contributed by atoms with E-state index in [0.29, 0.717) is 44.9 Å². The van der Waals surface area contributed by atoms with Gasteiger partial charge >= 0.3 is 12.4 Å². The lowest BCUT2D eigenvalue weighted by atomic mass is 9.74. The van der Waals surface area contributed by atoms with E-state index in [4.69, 9.17) is 4.74 Å². The van der Waals surface area contributed by atoms with E-state index in [0.717, 1.165) is 24.5 Å². The van der Waals surface area contributed by atoms with Crippen LogP contribution in [0.2, 0.25) is 0 Å². The van der Waals surface area contributed by atoms with Crippen molar-refractivity contribution in [1.29, 1.82) is 0 Å². The molecule has 12 amide bonds. The Hall–Kier alpha value is -7.74. The minimum absolute atomic E-state index is 0.00938. The molecule has 610 valence electrons. The molecule has 8 rings (SSSR count). The van der Waals surface area contributed by atoms with Gasteiger partial charge in [-0.25, -0.2) is 8.78 Å². The zero-order chi connectivity index (χ0) is 80.3. The number of carbonyl (C=O) groups is 12. The molecule has 7 fully saturated rings. The lowest BCUT2D eigenvalue weighted by molar-refractivity contribution is -0.219. The van der Waals surface area contributed by atoms with Crippen molar-refractivity contribution in [1.82, 2.24) is 60.0 Å². The Morgan fingerprint density at radius 2 is 1.24 bits per heavy atom. The fraction of sp³-hybridized carbons (Fsp3) is 0.763. The highest BCUT2D eigenvalue weighted by Gasteiger charge is 2.56. The highest BCUT2D eigenvalue weighted by atomic mass is 19.4. The summed E-state index contributed by atoms with van der Waals surface area (Å²) in [5.41, 5.74) is -1.70. The van der Waals surface area contributed by atoms with Crippen LogP contribution < -0.4 is 16.0 Å². The van der Waals surface area contributed by atoms with Crippen molar-refractivity contribution in [2.24, 2.45) is 35.5 Å². The summed E-state index contributed by atoms with van der Waals surface area (Å²) in [6.45, 7) is 7.24. The highest BCUT2D eigenvalue weighted by molar-refractivity contribution is 6.01. The third-order valence-corrected chi connectivity index (χ3v) is 24.0. The Morgan fingerprint density at radius 3 is 1.81 bits per heavy atom. The number of halogens is 8. The molecule has 0 aromatic carbocycles. The first-order chi connectivity index (χ1) is 51.4. The third-order valence-electron chi connectivity index (χ3n) is 24.0. The van der Waals surface area contributed by atoms with Crippen LogP contribution in [0.1, 0.15) is 161 Å². The van der Waals surface area contributed by atoms with Crippen molar-refractivity contribution >= 4 is 70.9 Å². The number of amides is 12. The van der Waals surface area contributed by atoms with E-state index in [1.165, 1.54) is 81.1 Å². The average molecular weight is 1550 g/mol. The van der Waals surface area contributed by atoms with Crippen LogP contribution in [-0.4, -0.2) is 288 Å². The molecule has 25 nitrogen and oxygen atoms in total. The monoisotopic (exact) mass is 1550 g/mol. The molecular formula is C76H112F8N12O13. The van der Waals surface area contributed by atoms with Gasteiger partial charge in [0.1, 0.15) is 72.1 Å². The third kappa shape index (κ3) is 21.3. The van der Waals surface area contributed by atoms with Crippen LogP contribution in [0.15, 0.2) is 37.5 Å². The van der Waals surface area contributed by atoms with Crippen LogP contribution in [0.3, 0.4) is 0 Å². The number of nitrogens with one attached hydrogen (secondary N) is 3. The Bertz CT molecular complexity index is 3330. The van der Waals surface area contributed by atoms with E-state index >= 15 is 37.5 Å². The second-order valence-electron chi connectivity index (χ2n) is 31.7. The van der Waals surface area contributed by atoms with Crippen molar-refractivity contribution in [3.8, 4) is 0 Å². The fourth-order valence-corrected chi connectivity index (χ4v) is 17.2. The van der Waals surface area contributed by atoms with E-state index in [1.54, 1.807) is 19.1 Å². The topological polar surface area (TPSA) is 279 Å². The minimum Gasteiger partial charge on any atom is -0.377 e. The van der Waals surface area contributed by atoms with Gasteiger partial charge in [-0.1, -0.05) is 50.0 Å². The number of ether oxygens (including phenoxy) is 1. The minimum atomic E-state index is -5.22. The second-order valence-corrected chi connectivity index (χ2v) is 31.7.